The van der Waals surface area contributed by atoms with Gasteiger partial charge in [-0.2, -0.15) is 0 Å². The number of hydrogen-bond donors (Lipinski definition) is 1. The van der Waals surface area contributed by atoms with Crippen LogP contribution in [0.1, 0.15) is 23.2 Å². The fourth-order valence-electron chi connectivity index (χ4n) is 1.78. The van der Waals surface area contributed by atoms with Gasteiger partial charge in [0, 0.05) is 30.4 Å². The Morgan fingerprint density at radius 3 is 2.84 bits per heavy atom. The Bertz CT molecular complexity index is 460. The minimum atomic E-state index is -0.916. The van der Waals surface area contributed by atoms with E-state index in [2.05, 4.69) is 15.9 Å². The van der Waals surface area contributed by atoms with Crippen molar-refractivity contribution in [2.75, 3.05) is 31.7 Å². The highest BCUT2D eigenvalue weighted by Gasteiger charge is 2.21. The third-order valence-electron chi connectivity index (χ3n) is 3.19. The smallest absolute Gasteiger partial charge is 0.335 e. The number of aromatic carboxylic acids is 1. The van der Waals surface area contributed by atoms with Crippen LogP contribution in [0.25, 0.3) is 0 Å². The molecule has 5 heteroatoms. The molecule has 0 radical (unpaired) electrons. The summed E-state index contributed by atoms with van der Waals surface area (Å²) < 4.78 is 6.36. The Hall–Kier alpha value is -1.07. The molecule has 1 fully saturated rings. The summed E-state index contributed by atoms with van der Waals surface area (Å²) in [6, 6.07) is 5.19. The molecule has 1 aliphatic carbocycles. The Kier molecular flexibility index (Phi) is 4.82. The van der Waals surface area contributed by atoms with Gasteiger partial charge in [-0.15, -0.1) is 0 Å². The molecule has 1 N–H and O–H groups in total. The predicted octanol–water partition coefficient (Wildman–Crippen LogP) is 3.01. The minimum absolute atomic E-state index is 0.287. The summed E-state index contributed by atoms with van der Waals surface area (Å²) in [7, 11) is 1.94. The third kappa shape index (κ3) is 4.51. The maximum atomic E-state index is 11.0. The van der Waals surface area contributed by atoms with Crippen LogP contribution in [0.15, 0.2) is 22.7 Å². The first-order chi connectivity index (χ1) is 9.06. The lowest BCUT2D eigenvalue weighted by molar-refractivity contribution is 0.0697. The van der Waals surface area contributed by atoms with Crippen LogP contribution in [-0.4, -0.2) is 37.9 Å². The largest absolute Gasteiger partial charge is 0.478 e. The highest BCUT2D eigenvalue weighted by atomic mass is 79.9. The van der Waals surface area contributed by atoms with Crippen LogP contribution in [0.2, 0.25) is 0 Å². The van der Waals surface area contributed by atoms with Crippen molar-refractivity contribution in [2.45, 2.75) is 12.8 Å². The molecule has 1 aromatic rings. The quantitative estimate of drug-likeness (QED) is 0.782. The maximum Gasteiger partial charge on any atom is 0.335 e. The topological polar surface area (TPSA) is 49.8 Å². The van der Waals surface area contributed by atoms with Crippen LogP contribution in [0.3, 0.4) is 0 Å². The monoisotopic (exact) mass is 327 g/mol. The van der Waals surface area contributed by atoms with Crippen LogP contribution in [-0.2, 0) is 4.74 Å². The van der Waals surface area contributed by atoms with Gasteiger partial charge < -0.3 is 14.7 Å². The Balaban J connectivity index is 1.89. The maximum absolute atomic E-state index is 11.0. The lowest BCUT2D eigenvalue weighted by Crippen LogP contribution is -2.23. The van der Waals surface area contributed by atoms with E-state index in [4.69, 9.17) is 9.84 Å². The number of carboxylic acid groups (broad SMARTS) is 1. The van der Waals surface area contributed by atoms with Crippen molar-refractivity contribution >= 4 is 27.6 Å². The van der Waals surface area contributed by atoms with E-state index in [1.165, 1.54) is 12.8 Å². The molecular weight excluding hydrogens is 310 g/mol. The fraction of sp³-hybridized carbons (Fsp3) is 0.500. The van der Waals surface area contributed by atoms with Gasteiger partial charge in [-0.05, 0) is 37.0 Å². The summed E-state index contributed by atoms with van der Waals surface area (Å²) in [5.74, 6) is -0.143. The SMILES string of the molecule is CN(CCOCC1CC1)c1cc(Br)cc(C(=O)O)c1. The van der Waals surface area contributed by atoms with Crippen molar-refractivity contribution < 1.29 is 14.6 Å². The second-order valence-corrected chi connectivity index (χ2v) is 5.86. The molecule has 4 nitrogen and oxygen atoms in total. The summed E-state index contributed by atoms with van der Waals surface area (Å²) in [5.41, 5.74) is 1.16. The number of ether oxygens (including phenoxy) is 1. The summed E-state index contributed by atoms with van der Waals surface area (Å²) in [5, 5.41) is 9.03. The predicted molar refractivity (Wildman–Crippen MR) is 77.9 cm³/mol. The van der Waals surface area contributed by atoms with Crippen LogP contribution >= 0.6 is 15.9 Å². The molecule has 0 heterocycles. The van der Waals surface area contributed by atoms with Crippen LogP contribution in [0.5, 0.6) is 0 Å². The van der Waals surface area contributed by atoms with Crippen LogP contribution in [0.4, 0.5) is 5.69 Å². The van der Waals surface area contributed by atoms with Crippen molar-refractivity contribution in [2.24, 2.45) is 5.92 Å². The van der Waals surface area contributed by atoms with Gasteiger partial charge in [0.2, 0.25) is 0 Å². The lowest BCUT2D eigenvalue weighted by Gasteiger charge is -2.20. The van der Waals surface area contributed by atoms with Crippen molar-refractivity contribution in [3.63, 3.8) is 0 Å². The molecule has 2 rings (SSSR count). The molecule has 0 spiro atoms. The first-order valence-electron chi connectivity index (χ1n) is 6.39. The van der Waals surface area contributed by atoms with E-state index in [0.29, 0.717) is 6.61 Å². The van der Waals surface area contributed by atoms with Gasteiger partial charge in [-0.1, -0.05) is 15.9 Å². The Labute approximate surface area is 121 Å². The van der Waals surface area contributed by atoms with Crippen molar-refractivity contribution in [1.29, 1.82) is 0 Å². The van der Waals surface area contributed by atoms with Gasteiger partial charge in [0.05, 0.1) is 12.2 Å². The van der Waals surface area contributed by atoms with Gasteiger partial charge in [-0.3, -0.25) is 0 Å². The van der Waals surface area contributed by atoms with Crippen molar-refractivity contribution in [1.82, 2.24) is 0 Å². The number of rotatable bonds is 7. The molecule has 0 unspecified atom stereocenters. The number of anilines is 1. The van der Waals surface area contributed by atoms with Crippen LogP contribution < -0.4 is 4.90 Å². The summed E-state index contributed by atoms with van der Waals surface area (Å²) in [6.07, 6.45) is 2.59. The van der Waals surface area contributed by atoms with Gasteiger partial charge >= 0.3 is 5.97 Å². The number of nitrogens with zero attached hydrogens (tertiary/aromatic N) is 1. The number of carboxylic acids is 1. The van der Waals surface area contributed by atoms with Crippen molar-refractivity contribution in [3.05, 3.63) is 28.2 Å². The molecule has 1 aromatic carbocycles. The highest BCUT2D eigenvalue weighted by Crippen LogP contribution is 2.28. The van der Waals surface area contributed by atoms with E-state index < -0.39 is 5.97 Å². The average Bonchev–Trinajstić information content (AvgIpc) is 3.17. The zero-order valence-corrected chi connectivity index (χ0v) is 12.5. The standard InChI is InChI=1S/C14H18BrNO3/c1-16(4-5-19-9-10-2-3-10)13-7-11(14(17)18)6-12(15)8-13/h6-8,10H,2-5,9H2,1H3,(H,17,18). The van der Waals surface area contributed by atoms with E-state index >= 15 is 0 Å². The second-order valence-electron chi connectivity index (χ2n) is 4.94. The normalized spacial score (nSPS) is 14.4. The second kappa shape index (κ2) is 6.39. The zero-order chi connectivity index (χ0) is 13.8. The summed E-state index contributed by atoms with van der Waals surface area (Å²) >= 11 is 3.34. The fourth-order valence-corrected chi connectivity index (χ4v) is 2.26. The molecule has 0 saturated heterocycles. The molecule has 0 aliphatic heterocycles. The number of halogens is 1. The minimum Gasteiger partial charge on any atom is -0.478 e. The highest BCUT2D eigenvalue weighted by molar-refractivity contribution is 9.10. The number of carbonyl (C=O) groups is 1. The van der Waals surface area contributed by atoms with Gasteiger partial charge in [0.1, 0.15) is 0 Å². The van der Waals surface area contributed by atoms with Gasteiger partial charge in [0.25, 0.3) is 0 Å². The first kappa shape index (κ1) is 14.3. The van der Waals surface area contributed by atoms with Gasteiger partial charge in [0.15, 0.2) is 0 Å². The van der Waals surface area contributed by atoms with E-state index in [0.717, 1.165) is 29.2 Å². The van der Waals surface area contributed by atoms with E-state index in [9.17, 15) is 4.79 Å². The molecule has 1 saturated carbocycles. The zero-order valence-electron chi connectivity index (χ0n) is 10.9. The van der Waals surface area contributed by atoms with E-state index in [-0.39, 0.29) is 5.56 Å². The average molecular weight is 328 g/mol. The molecule has 104 valence electrons. The Morgan fingerprint density at radius 2 is 2.21 bits per heavy atom. The van der Waals surface area contributed by atoms with E-state index in [1.54, 1.807) is 12.1 Å². The molecule has 1 aliphatic rings. The molecule has 0 amide bonds. The number of benzene rings is 1. The van der Waals surface area contributed by atoms with Crippen LogP contribution in [0, 0.1) is 5.92 Å². The molecular formula is C14H18BrNO3. The first-order valence-corrected chi connectivity index (χ1v) is 7.18. The Morgan fingerprint density at radius 1 is 1.47 bits per heavy atom. The van der Waals surface area contributed by atoms with E-state index in [1.807, 2.05) is 18.0 Å². The summed E-state index contributed by atoms with van der Waals surface area (Å²) in [6.45, 7) is 2.27. The molecule has 0 aromatic heterocycles. The molecule has 0 bridgehead atoms. The third-order valence-corrected chi connectivity index (χ3v) is 3.65. The molecule has 19 heavy (non-hydrogen) atoms. The lowest BCUT2D eigenvalue weighted by atomic mass is 10.2. The van der Waals surface area contributed by atoms with Gasteiger partial charge in [-0.25, -0.2) is 4.79 Å². The summed E-state index contributed by atoms with van der Waals surface area (Å²) in [4.78, 5) is 13.0. The van der Waals surface area contributed by atoms with Crippen molar-refractivity contribution in [3.8, 4) is 0 Å². The number of likely N-dealkylation sites (N-methyl/N-ethyl adjacent to an activating group) is 1. The number of hydrogen-bond acceptors (Lipinski definition) is 3. The molecule has 0 atom stereocenters.